The highest BCUT2D eigenvalue weighted by Crippen LogP contribution is 2.66. The van der Waals surface area contributed by atoms with Crippen molar-refractivity contribution in [3.63, 3.8) is 0 Å². The number of nitrogens with zero attached hydrogens (tertiary/aromatic N) is 2. The van der Waals surface area contributed by atoms with Gasteiger partial charge in [-0.25, -0.2) is 0 Å². The molecule has 0 aliphatic carbocycles. The Morgan fingerprint density at radius 2 is 1.83 bits per heavy atom. The van der Waals surface area contributed by atoms with Crippen molar-refractivity contribution < 1.29 is 24.2 Å². The van der Waals surface area contributed by atoms with Gasteiger partial charge in [-0.3, -0.25) is 14.4 Å². The molecule has 1 N–H and O–H groups in total. The molecule has 9 heteroatoms. The molecule has 4 heterocycles. The topological polar surface area (TPSA) is 87.2 Å². The Bertz CT molecular complexity index is 1430. The Hall–Kier alpha value is -3.07. The predicted molar refractivity (Wildman–Crippen MR) is 160 cm³/mol. The number of benzene rings is 2. The Balaban J connectivity index is 1.56. The smallest absolute Gasteiger partial charge is 0.311 e. The standard InChI is InChI=1S/C32H33ClN2O5S/c1-20-11-9-14-22(33)26(20)34-17-10-16-32-24(25-30(39)40-18-8-4-7-15-31(25,2)41-32)28(37)35(27(32)29(34)38)23(19-36)21-12-5-3-6-13-21/h3,5-7,9-16,23-25,27,36H,4,8,17-19H2,1-2H3/b15-7-/t23-,24+,25+,27?,31-,32+/m1/s1. The lowest BCUT2D eigenvalue weighted by molar-refractivity contribution is -0.154. The van der Waals surface area contributed by atoms with Gasteiger partial charge in [0, 0.05) is 11.3 Å². The molecule has 41 heavy (non-hydrogen) atoms. The normalized spacial score (nSPS) is 32.7. The summed E-state index contributed by atoms with van der Waals surface area (Å²) in [7, 11) is 0. The van der Waals surface area contributed by atoms with Crippen LogP contribution in [0.2, 0.25) is 5.02 Å². The van der Waals surface area contributed by atoms with Crippen molar-refractivity contribution >= 4 is 46.8 Å². The molecule has 4 aliphatic heterocycles. The largest absolute Gasteiger partial charge is 0.465 e. The number of hydrogen-bond donors (Lipinski definition) is 1. The molecular weight excluding hydrogens is 560 g/mol. The van der Waals surface area contributed by atoms with Gasteiger partial charge < -0.3 is 19.6 Å². The van der Waals surface area contributed by atoms with Crippen molar-refractivity contribution in [2.45, 2.75) is 48.3 Å². The van der Waals surface area contributed by atoms with E-state index in [2.05, 4.69) is 6.08 Å². The van der Waals surface area contributed by atoms with Gasteiger partial charge in [-0.05, 0) is 43.9 Å². The van der Waals surface area contributed by atoms with Crippen molar-refractivity contribution in [1.29, 1.82) is 0 Å². The summed E-state index contributed by atoms with van der Waals surface area (Å²) in [5.74, 6) is -2.71. The number of aryl methyl sites for hydroxylation is 1. The second-order valence-corrected chi connectivity index (χ2v) is 13.5. The number of fused-ring (bicyclic) bond motifs is 2. The minimum absolute atomic E-state index is 0.258. The molecule has 6 rings (SSSR count). The van der Waals surface area contributed by atoms with Crippen LogP contribution >= 0.6 is 23.4 Å². The number of aliphatic hydroxyl groups is 1. The van der Waals surface area contributed by atoms with E-state index in [1.54, 1.807) is 11.0 Å². The molecule has 7 nitrogen and oxygen atoms in total. The number of thioether (sulfide) groups is 1. The van der Waals surface area contributed by atoms with Crippen LogP contribution in [0.1, 0.15) is 36.9 Å². The fraction of sp³-hybridized carbons (Fsp3) is 0.406. The second kappa shape index (κ2) is 10.6. The maximum Gasteiger partial charge on any atom is 0.311 e. The van der Waals surface area contributed by atoms with E-state index >= 15 is 0 Å². The van der Waals surface area contributed by atoms with E-state index in [9.17, 15) is 19.5 Å². The number of ether oxygens (including phenoxy) is 1. The number of para-hydroxylation sites is 1. The molecule has 0 bridgehead atoms. The highest BCUT2D eigenvalue weighted by Gasteiger charge is 2.74. The van der Waals surface area contributed by atoms with Crippen LogP contribution in [0.4, 0.5) is 5.69 Å². The van der Waals surface area contributed by atoms with Crippen LogP contribution < -0.4 is 4.90 Å². The fourth-order valence-electron chi connectivity index (χ4n) is 7.10. The van der Waals surface area contributed by atoms with Crippen molar-refractivity contribution in [3.05, 3.63) is 89.0 Å². The van der Waals surface area contributed by atoms with Gasteiger partial charge in [0.25, 0.3) is 5.91 Å². The number of hydrogen-bond acceptors (Lipinski definition) is 6. The van der Waals surface area contributed by atoms with Crippen LogP contribution in [-0.4, -0.2) is 63.1 Å². The summed E-state index contributed by atoms with van der Waals surface area (Å²) < 4.78 is 3.87. The monoisotopic (exact) mass is 592 g/mol. The van der Waals surface area contributed by atoms with E-state index in [0.717, 1.165) is 12.0 Å². The first-order valence-corrected chi connectivity index (χ1v) is 15.2. The molecule has 6 atom stereocenters. The number of halogens is 1. The molecule has 1 unspecified atom stereocenters. The maximum atomic E-state index is 14.9. The summed E-state index contributed by atoms with van der Waals surface area (Å²) in [5, 5.41) is 11.2. The molecule has 1 spiro atoms. The summed E-state index contributed by atoms with van der Waals surface area (Å²) in [4.78, 5) is 46.5. The number of rotatable bonds is 4. The van der Waals surface area contributed by atoms with Gasteiger partial charge in [0.05, 0.1) is 46.5 Å². The maximum absolute atomic E-state index is 14.9. The number of aliphatic hydroxyl groups excluding tert-OH is 1. The highest BCUT2D eigenvalue weighted by molar-refractivity contribution is 8.02. The SMILES string of the molecule is Cc1cccc(Cl)c1N1CC=C[C@]23S[C@]4(C)/C=C\CCCOC(=O)[C@@H]4[C@H]2C(=O)N([C@H](CO)c2ccccc2)C3C1=O. The molecule has 2 aromatic rings. The zero-order valence-electron chi connectivity index (χ0n) is 23.0. The number of esters is 1. The number of anilines is 1. The average molecular weight is 593 g/mol. The number of amides is 2. The number of carbonyl (C=O) groups excluding carboxylic acids is 3. The molecule has 2 amide bonds. The Kier molecular flexibility index (Phi) is 7.29. The average Bonchev–Trinajstić information content (AvgIpc) is 3.30. The first-order valence-electron chi connectivity index (χ1n) is 14.0. The highest BCUT2D eigenvalue weighted by atomic mass is 35.5. The quantitative estimate of drug-likeness (QED) is 0.403. The van der Waals surface area contributed by atoms with Crippen LogP contribution in [-0.2, 0) is 19.1 Å². The van der Waals surface area contributed by atoms with Crippen LogP contribution in [0.3, 0.4) is 0 Å². The van der Waals surface area contributed by atoms with Crippen molar-refractivity contribution in [2.24, 2.45) is 11.8 Å². The minimum atomic E-state index is -1.07. The Morgan fingerprint density at radius 3 is 2.56 bits per heavy atom. The van der Waals surface area contributed by atoms with Crippen molar-refractivity contribution in [2.75, 3.05) is 24.7 Å². The first-order chi connectivity index (χ1) is 19.7. The summed E-state index contributed by atoms with van der Waals surface area (Å²) in [6, 6.07) is 12.9. The van der Waals surface area contributed by atoms with Gasteiger partial charge in [0.2, 0.25) is 5.91 Å². The number of likely N-dealkylation sites (tertiary alicyclic amines) is 1. The van der Waals surface area contributed by atoms with Gasteiger partial charge in [-0.2, -0.15) is 0 Å². The lowest BCUT2D eigenvalue weighted by Gasteiger charge is -2.40. The zero-order chi connectivity index (χ0) is 28.9. The lowest BCUT2D eigenvalue weighted by Crippen LogP contribution is -2.54. The van der Waals surface area contributed by atoms with Crippen LogP contribution in [0.5, 0.6) is 0 Å². The van der Waals surface area contributed by atoms with E-state index < -0.39 is 39.4 Å². The summed E-state index contributed by atoms with van der Waals surface area (Å²) in [5.41, 5.74) is 2.14. The molecule has 2 aromatic carbocycles. The summed E-state index contributed by atoms with van der Waals surface area (Å²) in [6.45, 7) is 4.02. The molecule has 4 aliphatic rings. The molecule has 2 fully saturated rings. The molecule has 2 saturated heterocycles. The van der Waals surface area contributed by atoms with Gasteiger partial charge in [-0.15, -0.1) is 11.8 Å². The number of allylic oxidation sites excluding steroid dienone is 1. The molecular formula is C32H33ClN2O5S. The lowest BCUT2D eigenvalue weighted by atomic mass is 9.74. The first kappa shape index (κ1) is 28.1. The number of carbonyl (C=O) groups is 3. The van der Waals surface area contributed by atoms with Crippen molar-refractivity contribution in [3.8, 4) is 0 Å². The Labute approximate surface area is 249 Å². The Morgan fingerprint density at radius 1 is 1.05 bits per heavy atom. The van der Waals surface area contributed by atoms with Gasteiger partial charge in [0.15, 0.2) is 0 Å². The fourth-order valence-corrected chi connectivity index (χ4v) is 9.57. The van der Waals surface area contributed by atoms with Crippen LogP contribution in [0, 0.1) is 18.8 Å². The minimum Gasteiger partial charge on any atom is -0.465 e. The second-order valence-electron chi connectivity index (χ2n) is 11.3. The van der Waals surface area contributed by atoms with E-state index in [1.807, 2.05) is 74.5 Å². The zero-order valence-corrected chi connectivity index (χ0v) is 24.6. The van der Waals surface area contributed by atoms with Gasteiger partial charge in [-0.1, -0.05) is 78.4 Å². The molecule has 214 valence electrons. The molecule has 0 saturated carbocycles. The predicted octanol–water partition coefficient (Wildman–Crippen LogP) is 4.87. The third-order valence-electron chi connectivity index (χ3n) is 8.84. The van der Waals surface area contributed by atoms with Crippen LogP contribution in [0.15, 0.2) is 72.8 Å². The third-order valence-corrected chi connectivity index (χ3v) is 10.9. The van der Waals surface area contributed by atoms with Gasteiger partial charge >= 0.3 is 5.97 Å². The van der Waals surface area contributed by atoms with Crippen molar-refractivity contribution in [1.82, 2.24) is 4.90 Å². The molecule has 0 radical (unpaired) electrons. The van der Waals surface area contributed by atoms with E-state index in [4.69, 9.17) is 16.3 Å². The van der Waals surface area contributed by atoms with Crippen LogP contribution in [0.25, 0.3) is 0 Å². The third kappa shape index (κ3) is 4.34. The van der Waals surface area contributed by atoms with E-state index in [1.165, 1.54) is 16.7 Å². The number of cyclic esters (lactones) is 1. The molecule has 0 aromatic heterocycles. The summed E-state index contributed by atoms with van der Waals surface area (Å²) >= 11 is 8.15. The van der Waals surface area contributed by atoms with E-state index in [0.29, 0.717) is 22.7 Å². The van der Waals surface area contributed by atoms with E-state index in [-0.39, 0.29) is 31.6 Å². The van der Waals surface area contributed by atoms with Gasteiger partial charge in [0.1, 0.15) is 6.04 Å². The summed E-state index contributed by atoms with van der Waals surface area (Å²) in [6.07, 6.45) is 9.42.